The van der Waals surface area contributed by atoms with Crippen molar-refractivity contribution in [3.8, 4) is 11.5 Å². The number of fused-ring (bicyclic) bond motifs is 1. The average molecular weight is 318 g/mol. The summed E-state index contributed by atoms with van der Waals surface area (Å²) < 4.78 is 21.6. The Labute approximate surface area is 133 Å². The Morgan fingerprint density at radius 3 is 1.74 bits per heavy atom. The normalized spacial score (nSPS) is 20.9. The van der Waals surface area contributed by atoms with Gasteiger partial charge in [0.2, 0.25) is 0 Å². The van der Waals surface area contributed by atoms with Crippen LogP contribution in [0.2, 0.25) is 0 Å². The molecule has 0 spiro atoms. The fourth-order valence-corrected chi connectivity index (χ4v) is 2.35. The Morgan fingerprint density at radius 2 is 1.35 bits per heavy atom. The summed E-state index contributed by atoms with van der Waals surface area (Å²) in [6.45, 7) is 0.555. The first-order chi connectivity index (χ1) is 11.2. The quantitative estimate of drug-likeness (QED) is 0.590. The second-order valence-corrected chi connectivity index (χ2v) is 6.35. The number of carbonyl (C=O) groups is 2. The van der Waals surface area contributed by atoms with E-state index < -0.39 is 17.7 Å². The maximum atomic E-state index is 12.5. The first-order valence-corrected chi connectivity index (χ1v) is 7.99. The predicted molar refractivity (Wildman–Crippen MR) is 77.8 cm³/mol. The van der Waals surface area contributed by atoms with Crippen LogP contribution in [0, 0.1) is 11.8 Å². The van der Waals surface area contributed by atoms with Crippen molar-refractivity contribution in [3.63, 3.8) is 0 Å². The van der Waals surface area contributed by atoms with E-state index in [1.165, 1.54) is 0 Å². The topological polar surface area (TPSA) is 71.1 Å². The summed E-state index contributed by atoms with van der Waals surface area (Å²) in [6, 6.07) is 6.76. The molecule has 0 saturated heterocycles. The summed E-state index contributed by atoms with van der Waals surface area (Å²) in [7, 11) is 0. The molecule has 2 aliphatic carbocycles. The Hall–Kier alpha value is -2.24. The highest BCUT2D eigenvalue weighted by atomic mass is 16.8. The molecular formula is C17H18O6. The summed E-state index contributed by atoms with van der Waals surface area (Å²) in [5.41, 5.74) is 0. The first kappa shape index (κ1) is 14.4. The van der Waals surface area contributed by atoms with Crippen LogP contribution in [0.1, 0.15) is 25.7 Å². The van der Waals surface area contributed by atoms with Crippen molar-refractivity contribution in [1.29, 1.82) is 0 Å². The fraction of sp³-hybridized carbons (Fsp3) is 0.529. The molecule has 1 aliphatic heterocycles. The van der Waals surface area contributed by atoms with E-state index in [0.29, 0.717) is 23.3 Å². The summed E-state index contributed by atoms with van der Waals surface area (Å²) in [5.74, 6) is -2.45. The van der Waals surface area contributed by atoms with Gasteiger partial charge in [-0.3, -0.25) is 0 Å². The lowest BCUT2D eigenvalue weighted by atomic mass is 10.3. The third-order valence-corrected chi connectivity index (χ3v) is 4.19. The molecule has 122 valence electrons. The van der Waals surface area contributed by atoms with Crippen molar-refractivity contribution >= 4 is 11.9 Å². The van der Waals surface area contributed by atoms with Crippen LogP contribution in [-0.4, -0.2) is 30.9 Å². The van der Waals surface area contributed by atoms with Crippen LogP contribution < -0.4 is 9.47 Å². The minimum Gasteiger partial charge on any atom is -0.459 e. The Morgan fingerprint density at radius 1 is 0.913 bits per heavy atom. The van der Waals surface area contributed by atoms with E-state index in [2.05, 4.69) is 0 Å². The number of hydrogen-bond donors (Lipinski definition) is 0. The van der Waals surface area contributed by atoms with E-state index in [1.807, 2.05) is 0 Å². The van der Waals surface area contributed by atoms with Gasteiger partial charge >= 0.3 is 17.7 Å². The summed E-state index contributed by atoms with van der Waals surface area (Å²) in [6.07, 6.45) is 4.14. The van der Waals surface area contributed by atoms with E-state index in [1.54, 1.807) is 24.3 Å². The molecule has 2 fully saturated rings. The molecule has 0 N–H and O–H groups in total. The fourth-order valence-electron chi connectivity index (χ4n) is 2.35. The Bertz CT molecular complexity index is 577. The second kappa shape index (κ2) is 5.44. The van der Waals surface area contributed by atoms with Gasteiger partial charge in [0.05, 0.1) is 13.2 Å². The highest BCUT2D eigenvalue weighted by Gasteiger charge is 2.60. The van der Waals surface area contributed by atoms with Crippen LogP contribution in [0.15, 0.2) is 24.3 Å². The highest BCUT2D eigenvalue weighted by molar-refractivity contribution is 6.03. The zero-order valence-electron chi connectivity index (χ0n) is 12.7. The molecule has 2 saturated carbocycles. The van der Waals surface area contributed by atoms with E-state index in [9.17, 15) is 9.59 Å². The van der Waals surface area contributed by atoms with Crippen molar-refractivity contribution in [2.24, 2.45) is 11.8 Å². The first-order valence-electron chi connectivity index (χ1n) is 7.99. The molecule has 23 heavy (non-hydrogen) atoms. The van der Waals surface area contributed by atoms with Crippen LogP contribution in [0.5, 0.6) is 11.5 Å². The molecule has 0 amide bonds. The predicted octanol–water partition coefficient (Wildman–Crippen LogP) is 2.06. The van der Waals surface area contributed by atoms with Gasteiger partial charge in [-0.2, -0.15) is 0 Å². The van der Waals surface area contributed by atoms with Gasteiger partial charge in [-0.05, 0) is 49.7 Å². The molecule has 0 radical (unpaired) electrons. The third-order valence-electron chi connectivity index (χ3n) is 4.19. The Kier molecular flexibility index (Phi) is 3.39. The Balaban J connectivity index is 1.52. The zero-order valence-corrected chi connectivity index (χ0v) is 12.7. The van der Waals surface area contributed by atoms with Gasteiger partial charge in [0.25, 0.3) is 0 Å². The number of para-hydroxylation sites is 2. The van der Waals surface area contributed by atoms with Crippen molar-refractivity contribution in [3.05, 3.63) is 24.3 Å². The maximum absolute atomic E-state index is 12.5. The summed E-state index contributed by atoms with van der Waals surface area (Å²) in [5, 5.41) is 0. The lowest BCUT2D eigenvalue weighted by Gasteiger charge is -2.23. The largest absolute Gasteiger partial charge is 0.459 e. The molecular weight excluding hydrogens is 300 g/mol. The molecule has 0 bridgehead atoms. The number of hydrogen-bond acceptors (Lipinski definition) is 6. The molecule has 0 aromatic heterocycles. The molecule has 1 aromatic carbocycles. The van der Waals surface area contributed by atoms with Gasteiger partial charge in [0, 0.05) is 0 Å². The van der Waals surface area contributed by atoms with E-state index in [4.69, 9.17) is 18.9 Å². The van der Waals surface area contributed by atoms with Crippen LogP contribution >= 0.6 is 0 Å². The van der Waals surface area contributed by atoms with Crippen LogP contribution in [0.25, 0.3) is 0 Å². The van der Waals surface area contributed by atoms with Gasteiger partial charge < -0.3 is 18.9 Å². The summed E-state index contributed by atoms with van der Waals surface area (Å²) >= 11 is 0. The van der Waals surface area contributed by atoms with Crippen molar-refractivity contribution in [2.45, 2.75) is 31.5 Å². The molecule has 4 rings (SSSR count). The number of rotatable bonds is 6. The number of esters is 2. The van der Waals surface area contributed by atoms with E-state index >= 15 is 0 Å². The molecule has 1 heterocycles. The summed E-state index contributed by atoms with van der Waals surface area (Å²) in [4.78, 5) is 25.0. The van der Waals surface area contributed by atoms with E-state index in [-0.39, 0.29) is 13.2 Å². The van der Waals surface area contributed by atoms with Gasteiger partial charge in [0.1, 0.15) is 0 Å². The minimum atomic E-state index is -2.17. The maximum Gasteiger partial charge on any atom is 0.453 e. The molecule has 0 atom stereocenters. The highest BCUT2D eigenvalue weighted by Crippen LogP contribution is 2.41. The average Bonchev–Trinajstić information content (AvgIpc) is 3.47. The number of benzene rings is 1. The van der Waals surface area contributed by atoms with E-state index in [0.717, 1.165) is 25.7 Å². The monoisotopic (exact) mass is 318 g/mol. The lowest BCUT2D eigenvalue weighted by Crippen LogP contribution is -2.56. The van der Waals surface area contributed by atoms with Crippen molar-refractivity contribution < 1.29 is 28.5 Å². The minimum absolute atomic E-state index is 0.277. The molecule has 3 aliphatic rings. The third kappa shape index (κ3) is 2.85. The lowest BCUT2D eigenvalue weighted by molar-refractivity contribution is -0.203. The van der Waals surface area contributed by atoms with Gasteiger partial charge in [-0.25, -0.2) is 9.59 Å². The van der Waals surface area contributed by atoms with Crippen LogP contribution in [-0.2, 0) is 19.1 Å². The number of ether oxygens (including phenoxy) is 4. The van der Waals surface area contributed by atoms with Crippen LogP contribution in [0.3, 0.4) is 0 Å². The van der Waals surface area contributed by atoms with Gasteiger partial charge in [-0.1, -0.05) is 12.1 Å². The molecule has 6 heteroatoms. The zero-order chi connectivity index (χ0) is 15.9. The SMILES string of the molecule is O=C(OCC1CC1)C1(C(=O)OCC2CC2)Oc2ccccc2O1. The number of carbonyl (C=O) groups excluding carboxylic acids is 2. The van der Waals surface area contributed by atoms with Crippen molar-refractivity contribution in [1.82, 2.24) is 0 Å². The van der Waals surface area contributed by atoms with Crippen LogP contribution in [0.4, 0.5) is 0 Å². The van der Waals surface area contributed by atoms with Gasteiger partial charge in [0.15, 0.2) is 11.5 Å². The van der Waals surface area contributed by atoms with Gasteiger partial charge in [-0.15, -0.1) is 0 Å². The molecule has 6 nitrogen and oxygen atoms in total. The second-order valence-electron chi connectivity index (χ2n) is 6.35. The molecule has 1 aromatic rings. The molecule has 0 unspecified atom stereocenters. The standard InChI is InChI=1S/C17H18O6/c18-15(20-9-11-5-6-11)17(16(19)21-10-12-7-8-12)22-13-3-1-2-4-14(13)23-17/h1-4,11-12H,5-10H2. The smallest absolute Gasteiger partial charge is 0.453 e. The van der Waals surface area contributed by atoms with Crippen molar-refractivity contribution in [2.75, 3.05) is 13.2 Å².